The number of benzene rings is 3. The van der Waals surface area contributed by atoms with Crippen LogP contribution in [0.1, 0.15) is 31.1 Å². The van der Waals surface area contributed by atoms with Gasteiger partial charge in [-0.15, -0.1) is 0 Å². The van der Waals surface area contributed by atoms with Crippen LogP contribution in [0.4, 0.5) is 16.2 Å². The van der Waals surface area contributed by atoms with E-state index in [1.807, 2.05) is 65.6 Å². The highest BCUT2D eigenvalue weighted by Crippen LogP contribution is 2.27. The number of imide groups is 1. The molecule has 7 nitrogen and oxygen atoms in total. The van der Waals surface area contributed by atoms with Crippen LogP contribution in [0.15, 0.2) is 91.0 Å². The highest BCUT2D eigenvalue weighted by atomic mass is 16.6. The lowest BCUT2D eigenvalue weighted by molar-refractivity contribution is -0.145. The summed E-state index contributed by atoms with van der Waals surface area (Å²) in [6, 6.07) is 25.8. The normalized spacial score (nSPS) is 11.8. The lowest BCUT2D eigenvalue weighted by Crippen LogP contribution is -2.54. The topological polar surface area (TPSA) is 76.2 Å². The molecule has 3 aromatic rings. The quantitative estimate of drug-likeness (QED) is 0.424. The Balaban J connectivity index is 2.10. The van der Waals surface area contributed by atoms with E-state index in [0.29, 0.717) is 0 Å². The summed E-state index contributed by atoms with van der Waals surface area (Å²) in [4.78, 5) is 42.8. The van der Waals surface area contributed by atoms with Crippen LogP contribution >= 0.6 is 0 Å². The summed E-state index contributed by atoms with van der Waals surface area (Å²) < 4.78 is 10.6. The molecule has 0 fully saturated rings. The molecule has 0 unspecified atom stereocenters. The van der Waals surface area contributed by atoms with E-state index >= 15 is 0 Å². The minimum atomic E-state index is -1.29. The molecule has 7 heteroatoms. The maximum Gasteiger partial charge on any atom is 0.418 e. The van der Waals surface area contributed by atoms with E-state index < -0.39 is 29.6 Å². The molecule has 0 saturated carbocycles. The number of esters is 1. The lowest BCUT2D eigenvalue weighted by Gasteiger charge is -2.34. The van der Waals surface area contributed by atoms with Crippen LogP contribution in [0.2, 0.25) is 0 Å². The van der Waals surface area contributed by atoms with Gasteiger partial charge >= 0.3 is 12.1 Å². The van der Waals surface area contributed by atoms with E-state index in [1.54, 1.807) is 51.1 Å². The number of rotatable bonds is 7. The van der Waals surface area contributed by atoms with Gasteiger partial charge in [0, 0.05) is 16.9 Å². The number of carbonyl (C=O) groups is 3. The number of hydrogen-bond donors (Lipinski definition) is 0. The highest BCUT2D eigenvalue weighted by molar-refractivity contribution is 6.05. The molecule has 0 saturated heterocycles. The summed E-state index contributed by atoms with van der Waals surface area (Å²) in [5, 5.41) is 0. The predicted molar refractivity (Wildman–Crippen MR) is 135 cm³/mol. The van der Waals surface area contributed by atoms with E-state index in [0.717, 1.165) is 16.3 Å². The monoisotopic (exact) mass is 474 g/mol. The van der Waals surface area contributed by atoms with Crippen LogP contribution in [-0.4, -0.2) is 48.2 Å². The lowest BCUT2D eigenvalue weighted by atomic mass is 10.1. The molecule has 0 N–H and O–H groups in total. The second-order valence-corrected chi connectivity index (χ2v) is 8.84. The highest BCUT2D eigenvalue weighted by Gasteiger charge is 2.40. The maximum absolute atomic E-state index is 13.6. The third-order valence-corrected chi connectivity index (χ3v) is 5.11. The summed E-state index contributed by atoms with van der Waals surface area (Å²) in [6.07, 6.45) is -0.928. The molecule has 0 aromatic heterocycles. The third kappa shape index (κ3) is 6.69. The molecule has 0 aliphatic heterocycles. The van der Waals surface area contributed by atoms with E-state index in [-0.39, 0.29) is 12.1 Å². The number of nitrogens with zero attached hydrogens (tertiary/aromatic N) is 2. The predicted octanol–water partition coefficient (Wildman–Crippen LogP) is 5.44. The minimum Gasteiger partial charge on any atom is -0.467 e. The molecule has 35 heavy (non-hydrogen) atoms. The minimum absolute atomic E-state index is 0.0431. The SMILES string of the molecule is COC(=O)[C@H](CN(c1ccccc1)c1ccccc1)N(C(=O)OC(C)(C)C)C(=O)c1ccccc1. The van der Waals surface area contributed by atoms with Gasteiger partial charge < -0.3 is 14.4 Å². The average Bonchev–Trinajstić information content (AvgIpc) is 2.86. The Morgan fingerprint density at radius 3 is 1.66 bits per heavy atom. The van der Waals surface area contributed by atoms with Crippen molar-refractivity contribution in [2.75, 3.05) is 18.6 Å². The zero-order valence-electron chi connectivity index (χ0n) is 20.4. The van der Waals surface area contributed by atoms with Crippen molar-refractivity contribution >= 4 is 29.3 Å². The molecule has 1 atom stereocenters. The van der Waals surface area contributed by atoms with E-state index in [2.05, 4.69) is 0 Å². The van der Waals surface area contributed by atoms with Crippen molar-refractivity contribution in [2.45, 2.75) is 32.4 Å². The Bertz CT molecular complexity index is 1090. The molecule has 0 aliphatic carbocycles. The molecule has 0 radical (unpaired) electrons. The Hall–Kier alpha value is -4.13. The van der Waals surface area contributed by atoms with Gasteiger partial charge in [0.1, 0.15) is 5.60 Å². The zero-order valence-corrected chi connectivity index (χ0v) is 20.4. The van der Waals surface area contributed by atoms with Crippen molar-refractivity contribution in [2.24, 2.45) is 0 Å². The number of anilines is 2. The fourth-order valence-electron chi connectivity index (χ4n) is 3.53. The molecule has 3 aromatic carbocycles. The first-order valence-corrected chi connectivity index (χ1v) is 11.3. The molecule has 0 spiro atoms. The van der Waals surface area contributed by atoms with Crippen molar-refractivity contribution in [3.8, 4) is 0 Å². The number of ether oxygens (including phenoxy) is 2. The van der Waals surface area contributed by atoms with Crippen molar-refractivity contribution in [1.29, 1.82) is 0 Å². The summed E-state index contributed by atoms with van der Waals surface area (Å²) >= 11 is 0. The second-order valence-electron chi connectivity index (χ2n) is 8.84. The van der Waals surface area contributed by atoms with Crippen LogP contribution in [-0.2, 0) is 14.3 Å². The first-order chi connectivity index (χ1) is 16.7. The van der Waals surface area contributed by atoms with Gasteiger partial charge in [-0.3, -0.25) is 4.79 Å². The fourth-order valence-corrected chi connectivity index (χ4v) is 3.53. The summed E-state index contributed by atoms with van der Waals surface area (Å²) in [5.41, 5.74) is 0.928. The molecular formula is C28H30N2O5. The number of methoxy groups -OCH3 is 1. The van der Waals surface area contributed by atoms with Crippen molar-refractivity contribution in [3.05, 3.63) is 96.6 Å². The number of para-hydroxylation sites is 2. The van der Waals surface area contributed by atoms with Crippen molar-refractivity contribution < 1.29 is 23.9 Å². The Morgan fingerprint density at radius 2 is 1.23 bits per heavy atom. The number of amides is 2. The standard InChI is InChI=1S/C28H30N2O5/c1-28(2,3)35-27(33)30(25(31)21-14-8-5-9-15-21)24(26(32)34-4)20-29(22-16-10-6-11-17-22)23-18-12-7-13-19-23/h5-19,24H,20H2,1-4H3/t24-/m0/s1. The van der Waals surface area contributed by atoms with E-state index in [1.165, 1.54) is 7.11 Å². The molecular weight excluding hydrogens is 444 g/mol. The van der Waals surface area contributed by atoms with Gasteiger partial charge in [0.2, 0.25) is 0 Å². The Labute approximate surface area is 205 Å². The van der Waals surface area contributed by atoms with E-state index in [4.69, 9.17) is 9.47 Å². The third-order valence-electron chi connectivity index (χ3n) is 5.11. The number of hydrogen-bond acceptors (Lipinski definition) is 6. The maximum atomic E-state index is 13.6. The van der Waals surface area contributed by atoms with Crippen LogP contribution in [0.3, 0.4) is 0 Å². The van der Waals surface area contributed by atoms with Crippen molar-refractivity contribution in [1.82, 2.24) is 4.90 Å². The zero-order chi connectivity index (χ0) is 25.4. The summed E-state index contributed by atoms with van der Waals surface area (Å²) in [7, 11) is 1.23. The largest absolute Gasteiger partial charge is 0.467 e. The van der Waals surface area contributed by atoms with Gasteiger partial charge in [0.25, 0.3) is 5.91 Å². The molecule has 0 bridgehead atoms. The van der Waals surface area contributed by atoms with Gasteiger partial charge in [-0.25, -0.2) is 14.5 Å². The van der Waals surface area contributed by atoms with Gasteiger partial charge in [-0.1, -0.05) is 54.6 Å². The van der Waals surface area contributed by atoms with Gasteiger partial charge in [-0.05, 0) is 57.2 Å². The number of carbonyl (C=O) groups excluding carboxylic acids is 3. The first-order valence-electron chi connectivity index (χ1n) is 11.3. The van der Waals surface area contributed by atoms with Crippen LogP contribution in [0.5, 0.6) is 0 Å². The van der Waals surface area contributed by atoms with Crippen molar-refractivity contribution in [3.63, 3.8) is 0 Å². The summed E-state index contributed by atoms with van der Waals surface area (Å²) in [5.74, 6) is -1.40. The van der Waals surface area contributed by atoms with Gasteiger partial charge in [-0.2, -0.15) is 0 Å². The second kappa shape index (κ2) is 11.3. The Kier molecular flexibility index (Phi) is 8.25. The summed E-state index contributed by atoms with van der Waals surface area (Å²) in [6.45, 7) is 5.05. The average molecular weight is 475 g/mol. The molecule has 3 rings (SSSR count). The van der Waals surface area contributed by atoms with E-state index in [9.17, 15) is 14.4 Å². The Morgan fingerprint density at radius 1 is 0.771 bits per heavy atom. The van der Waals surface area contributed by atoms with Gasteiger partial charge in [0.05, 0.1) is 13.7 Å². The molecule has 182 valence electrons. The van der Waals surface area contributed by atoms with Crippen LogP contribution in [0, 0.1) is 0 Å². The first kappa shape index (κ1) is 25.5. The van der Waals surface area contributed by atoms with Gasteiger partial charge in [0.15, 0.2) is 6.04 Å². The molecule has 0 heterocycles. The fraction of sp³-hybridized carbons (Fsp3) is 0.250. The van der Waals surface area contributed by atoms with Crippen LogP contribution < -0.4 is 4.90 Å². The molecule has 2 amide bonds. The van der Waals surface area contributed by atoms with Crippen LogP contribution in [0.25, 0.3) is 0 Å². The molecule has 0 aliphatic rings. The smallest absolute Gasteiger partial charge is 0.418 e.